The molecular formula is C20H29NO3. The summed E-state index contributed by atoms with van der Waals surface area (Å²) in [5.41, 5.74) is 2.02. The summed E-state index contributed by atoms with van der Waals surface area (Å²) in [5, 5.41) is 0. The van der Waals surface area contributed by atoms with Gasteiger partial charge in [-0.15, -0.1) is 0 Å². The van der Waals surface area contributed by atoms with E-state index < -0.39 is 5.41 Å². The summed E-state index contributed by atoms with van der Waals surface area (Å²) in [6, 6.07) is 6.47. The zero-order valence-corrected chi connectivity index (χ0v) is 15.3. The molecule has 1 saturated heterocycles. The summed E-state index contributed by atoms with van der Waals surface area (Å²) in [6.45, 7) is 10.8. The smallest absolute Gasteiger partial charge is 0.316 e. The number of hydrogen-bond donors (Lipinski definition) is 0. The topological polar surface area (TPSA) is 38.8 Å². The number of esters is 1. The van der Waals surface area contributed by atoms with Gasteiger partial charge in [0.25, 0.3) is 0 Å². The number of hydrogen-bond acceptors (Lipinski definition) is 4. The first kappa shape index (κ1) is 17.4. The molecule has 0 amide bonds. The molecule has 0 bridgehead atoms. The van der Waals surface area contributed by atoms with Crippen molar-refractivity contribution in [2.24, 2.45) is 5.41 Å². The van der Waals surface area contributed by atoms with Crippen molar-refractivity contribution in [2.75, 3.05) is 19.7 Å². The van der Waals surface area contributed by atoms with Crippen molar-refractivity contribution in [3.05, 3.63) is 29.3 Å². The number of fused-ring (bicyclic) bond motifs is 3. The molecule has 4 nitrogen and oxygen atoms in total. The Hall–Kier alpha value is -1.39. The highest BCUT2D eigenvalue weighted by atomic mass is 16.5. The van der Waals surface area contributed by atoms with Gasteiger partial charge in [-0.05, 0) is 69.8 Å². The number of aryl methyl sites for hydroxylation is 1. The largest absolute Gasteiger partial charge is 0.426 e. The molecule has 3 rings (SSSR count). The Morgan fingerprint density at radius 3 is 2.88 bits per heavy atom. The van der Waals surface area contributed by atoms with Gasteiger partial charge in [-0.1, -0.05) is 13.0 Å². The lowest BCUT2D eigenvalue weighted by Gasteiger charge is -2.44. The average molecular weight is 331 g/mol. The summed E-state index contributed by atoms with van der Waals surface area (Å²) in [5.74, 6) is 0.428. The van der Waals surface area contributed by atoms with Crippen LogP contribution < -0.4 is 4.74 Å². The number of rotatable bonds is 3. The second-order valence-corrected chi connectivity index (χ2v) is 7.93. The molecule has 0 spiro atoms. The van der Waals surface area contributed by atoms with Crippen LogP contribution in [0, 0.1) is 5.41 Å². The van der Waals surface area contributed by atoms with E-state index in [4.69, 9.17) is 9.47 Å². The maximum absolute atomic E-state index is 12.2. The SMILES string of the molecule is CCCN1CCO[C@@H]2c3cc(OC(=O)C(C)(C)C)ccc3CC[C@H]21. The minimum absolute atomic E-state index is 0.0994. The van der Waals surface area contributed by atoms with E-state index in [1.807, 2.05) is 32.9 Å². The summed E-state index contributed by atoms with van der Waals surface area (Å²) in [4.78, 5) is 14.7. The minimum atomic E-state index is -0.502. The predicted octanol–water partition coefficient (Wildman–Crippen LogP) is 3.74. The molecule has 1 aromatic carbocycles. The van der Waals surface area contributed by atoms with Crippen LogP contribution in [0.1, 0.15) is 57.8 Å². The molecule has 24 heavy (non-hydrogen) atoms. The Labute approximate surface area is 145 Å². The Balaban J connectivity index is 1.83. The zero-order valence-electron chi connectivity index (χ0n) is 15.3. The second-order valence-electron chi connectivity index (χ2n) is 7.93. The summed E-state index contributed by atoms with van der Waals surface area (Å²) >= 11 is 0. The van der Waals surface area contributed by atoms with Gasteiger partial charge in [-0.3, -0.25) is 9.69 Å². The van der Waals surface area contributed by atoms with Crippen molar-refractivity contribution in [1.82, 2.24) is 4.90 Å². The molecule has 0 unspecified atom stereocenters. The van der Waals surface area contributed by atoms with Crippen LogP contribution in [-0.2, 0) is 16.0 Å². The molecule has 1 aromatic rings. The van der Waals surface area contributed by atoms with Crippen LogP contribution in [0.2, 0.25) is 0 Å². The molecule has 0 N–H and O–H groups in total. The third-order valence-corrected chi connectivity index (χ3v) is 4.96. The number of nitrogens with zero attached hydrogens (tertiary/aromatic N) is 1. The molecule has 2 atom stereocenters. The van der Waals surface area contributed by atoms with Gasteiger partial charge in [0.05, 0.1) is 18.1 Å². The molecule has 2 aliphatic rings. The molecule has 0 aromatic heterocycles. The number of carbonyl (C=O) groups excluding carboxylic acids is 1. The molecule has 132 valence electrons. The first-order valence-corrected chi connectivity index (χ1v) is 9.11. The molecule has 0 saturated carbocycles. The molecule has 1 fully saturated rings. The van der Waals surface area contributed by atoms with Crippen LogP contribution in [0.4, 0.5) is 0 Å². The third kappa shape index (κ3) is 3.50. The zero-order chi connectivity index (χ0) is 17.3. The van der Waals surface area contributed by atoms with E-state index >= 15 is 0 Å². The van der Waals surface area contributed by atoms with Crippen LogP contribution in [0.3, 0.4) is 0 Å². The second kappa shape index (κ2) is 6.85. The first-order chi connectivity index (χ1) is 11.4. The minimum Gasteiger partial charge on any atom is -0.426 e. The lowest BCUT2D eigenvalue weighted by molar-refractivity contribution is -0.143. The van der Waals surface area contributed by atoms with Gasteiger partial charge in [0.15, 0.2) is 0 Å². The molecule has 1 aliphatic heterocycles. The van der Waals surface area contributed by atoms with Crippen molar-refractivity contribution >= 4 is 5.97 Å². The number of benzene rings is 1. The van der Waals surface area contributed by atoms with Gasteiger partial charge in [0.2, 0.25) is 0 Å². The Morgan fingerprint density at radius 2 is 2.17 bits per heavy atom. The van der Waals surface area contributed by atoms with E-state index in [-0.39, 0.29) is 12.1 Å². The van der Waals surface area contributed by atoms with Crippen LogP contribution in [-0.4, -0.2) is 36.6 Å². The van der Waals surface area contributed by atoms with Crippen LogP contribution >= 0.6 is 0 Å². The highest BCUT2D eigenvalue weighted by Gasteiger charge is 2.37. The van der Waals surface area contributed by atoms with E-state index in [0.717, 1.165) is 32.5 Å². The van der Waals surface area contributed by atoms with Gasteiger partial charge in [0.1, 0.15) is 5.75 Å². The highest BCUT2D eigenvalue weighted by molar-refractivity contribution is 5.77. The summed E-state index contributed by atoms with van der Waals surface area (Å²) < 4.78 is 11.7. The van der Waals surface area contributed by atoms with E-state index in [0.29, 0.717) is 11.8 Å². The highest BCUT2D eigenvalue weighted by Crippen LogP contribution is 2.39. The fourth-order valence-corrected chi connectivity index (χ4v) is 3.65. The molecule has 0 radical (unpaired) electrons. The molecule has 1 aliphatic carbocycles. The number of ether oxygens (including phenoxy) is 2. The van der Waals surface area contributed by atoms with E-state index in [9.17, 15) is 4.79 Å². The van der Waals surface area contributed by atoms with E-state index in [2.05, 4.69) is 17.9 Å². The molecule has 1 heterocycles. The average Bonchev–Trinajstić information content (AvgIpc) is 2.54. The standard InChI is InChI=1S/C20H29NO3/c1-5-10-21-11-12-23-18-16-13-15(24-19(22)20(2,3)4)8-6-14(16)7-9-17(18)21/h6,8,13,17-18H,5,7,9-12H2,1-4H3/t17-,18-/m1/s1. The maximum atomic E-state index is 12.2. The Bertz CT molecular complexity index is 603. The van der Waals surface area contributed by atoms with Gasteiger partial charge < -0.3 is 9.47 Å². The fourth-order valence-electron chi connectivity index (χ4n) is 3.65. The lowest BCUT2D eigenvalue weighted by atomic mass is 9.84. The predicted molar refractivity (Wildman–Crippen MR) is 94.2 cm³/mol. The number of carbonyl (C=O) groups is 1. The quantitative estimate of drug-likeness (QED) is 0.625. The molecular weight excluding hydrogens is 302 g/mol. The van der Waals surface area contributed by atoms with E-state index in [1.165, 1.54) is 17.5 Å². The van der Waals surface area contributed by atoms with Gasteiger partial charge >= 0.3 is 5.97 Å². The lowest BCUT2D eigenvalue weighted by Crippen LogP contribution is -2.49. The van der Waals surface area contributed by atoms with Crippen molar-refractivity contribution in [3.63, 3.8) is 0 Å². The number of morpholine rings is 1. The van der Waals surface area contributed by atoms with Crippen LogP contribution in [0.5, 0.6) is 5.75 Å². The monoisotopic (exact) mass is 331 g/mol. The van der Waals surface area contributed by atoms with Gasteiger partial charge in [0, 0.05) is 12.6 Å². The summed E-state index contributed by atoms with van der Waals surface area (Å²) in [7, 11) is 0. The van der Waals surface area contributed by atoms with Crippen molar-refractivity contribution < 1.29 is 14.3 Å². The van der Waals surface area contributed by atoms with Crippen molar-refractivity contribution in [1.29, 1.82) is 0 Å². The van der Waals surface area contributed by atoms with Gasteiger partial charge in [-0.2, -0.15) is 0 Å². The third-order valence-electron chi connectivity index (χ3n) is 4.96. The van der Waals surface area contributed by atoms with E-state index in [1.54, 1.807) is 0 Å². The van der Waals surface area contributed by atoms with Crippen molar-refractivity contribution in [3.8, 4) is 5.75 Å². The fraction of sp³-hybridized carbons (Fsp3) is 0.650. The van der Waals surface area contributed by atoms with Gasteiger partial charge in [-0.25, -0.2) is 0 Å². The van der Waals surface area contributed by atoms with Crippen LogP contribution in [0.25, 0.3) is 0 Å². The maximum Gasteiger partial charge on any atom is 0.316 e. The Morgan fingerprint density at radius 1 is 1.38 bits per heavy atom. The summed E-state index contributed by atoms with van der Waals surface area (Å²) in [6.07, 6.45) is 3.47. The first-order valence-electron chi connectivity index (χ1n) is 9.11. The Kier molecular flexibility index (Phi) is 4.97. The van der Waals surface area contributed by atoms with Crippen LogP contribution in [0.15, 0.2) is 18.2 Å². The normalized spacial score (nSPS) is 24.2. The van der Waals surface area contributed by atoms with Crippen molar-refractivity contribution in [2.45, 2.75) is 59.1 Å². The molecule has 4 heteroatoms.